The summed E-state index contributed by atoms with van der Waals surface area (Å²) in [5.41, 5.74) is 10.5. The van der Waals surface area contributed by atoms with Gasteiger partial charge in [-0.3, -0.25) is 0 Å². The van der Waals surface area contributed by atoms with Gasteiger partial charge >= 0.3 is 0 Å². The van der Waals surface area contributed by atoms with Gasteiger partial charge < -0.3 is 10.6 Å². The molecule has 1 aromatic rings. The molecule has 2 atom stereocenters. The molecule has 1 aromatic carbocycles. The Morgan fingerprint density at radius 1 is 1.25 bits per heavy atom. The van der Waals surface area contributed by atoms with Crippen LogP contribution in [0.15, 0.2) is 18.2 Å². The van der Waals surface area contributed by atoms with Crippen LogP contribution in [0.1, 0.15) is 50.2 Å². The first kappa shape index (κ1) is 13.9. The molecule has 0 amide bonds. The maximum Gasteiger partial charge on any atom is 0.0369 e. The van der Waals surface area contributed by atoms with Gasteiger partial charge in [0.15, 0.2) is 0 Å². The molecule has 2 aliphatic rings. The highest BCUT2D eigenvalue weighted by atomic mass is 15.1. The maximum absolute atomic E-state index is 5.88. The van der Waals surface area contributed by atoms with Gasteiger partial charge in [-0.15, -0.1) is 0 Å². The van der Waals surface area contributed by atoms with E-state index in [1.54, 1.807) is 11.1 Å². The zero-order valence-electron chi connectivity index (χ0n) is 12.8. The molecule has 1 aliphatic heterocycles. The van der Waals surface area contributed by atoms with E-state index in [4.69, 9.17) is 5.73 Å². The third-order valence-electron chi connectivity index (χ3n) is 5.01. The SMILES string of the molecule is CC(N)CCC1CCN(c2ccc3c(c2)CCCC3)C1. The lowest BCUT2D eigenvalue weighted by atomic mass is 9.91. The lowest BCUT2D eigenvalue weighted by molar-refractivity contribution is 0.483. The van der Waals surface area contributed by atoms with Gasteiger partial charge in [-0.25, -0.2) is 0 Å². The Morgan fingerprint density at radius 2 is 2.05 bits per heavy atom. The van der Waals surface area contributed by atoms with Crippen molar-refractivity contribution in [3.05, 3.63) is 29.3 Å². The Kier molecular flexibility index (Phi) is 4.30. The van der Waals surface area contributed by atoms with Gasteiger partial charge in [-0.2, -0.15) is 0 Å². The van der Waals surface area contributed by atoms with Crippen molar-refractivity contribution in [1.82, 2.24) is 0 Å². The van der Waals surface area contributed by atoms with Crippen LogP contribution in [0.25, 0.3) is 0 Å². The van der Waals surface area contributed by atoms with E-state index < -0.39 is 0 Å². The molecule has 110 valence electrons. The average molecular weight is 272 g/mol. The molecule has 2 N–H and O–H groups in total. The first-order valence-electron chi connectivity index (χ1n) is 8.34. The molecule has 1 aliphatic carbocycles. The van der Waals surface area contributed by atoms with E-state index in [9.17, 15) is 0 Å². The number of benzene rings is 1. The zero-order chi connectivity index (χ0) is 13.9. The number of aryl methyl sites for hydroxylation is 2. The normalized spacial score (nSPS) is 23.7. The molecule has 20 heavy (non-hydrogen) atoms. The summed E-state index contributed by atoms with van der Waals surface area (Å²) in [6.07, 6.45) is 9.10. The third kappa shape index (κ3) is 3.17. The fourth-order valence-electron chi connectivity index (χ4n) is 3.72. The molecule has 2 unspecified atom stereocenters. The van der Waals surface area contributed by atoms with E-state index >= 15 is 0 Å². The van der Waals surface area contributed by atoms with Gasteiger partial charge in [-0.1, -0.05) is 6.07 Å². The number of nitrogens with two attached hydrogens (primary N) is 1. The van der Waals surface area contributed by atoms with E-state index in [2.05, 4.69) is 30.0 Å². The van der Waals surface area contributed by atoms with Crippen molar-refractivity contribution in [2.24, 2.45) is 11.7 Å². The Balaban J connectivity index is 1.62. The second kappa shape index (κ2) is 6.17. The molecular weight excluding hydrogens is 244 g/mol. The highest BCUT2D eigenvalue weighted by Crippen LogP contribution is 2.30. The molecule has 2 heteroatoms. The van der Waals surface area contributed by atoms with E-state index in [0.717, 1.165) is 5.92 Å². The van der Waals surface area contributed by atoms with E-state index in [1.165, 1.54) is 63.7 Å². The summed E-state index contributed by atoms with van der Waals surface area (Å²) in [4.78, 5) is 2.58. The smallest absolute Gasteiger partial charge is 0.0369 e. The van der Waals surface area contributed by atoms with Gasteiger partial charge in [0.2, 0.25) is 0 Å². The standard InChI is InChI=1S/C18H28N2/c1-14(19)6-7-15-10-11-20(13-15)18-9-8-16-4-2-3-5-17(16)12-18/h8-9,12,14-15H,2-7,10-11,13,19H2,1H3. The first-order valence-corrected chi connectivity index (χ1v) is 8.34. The van der Waals surface area contributed by atoms with E-state index in [1.807, 2.05) is 0 Å². The van der Waals surface area contributed by atoms with Crippen molar-refractivity contribution in [3.63, 3.8) is 0 Å². The quantitative estimate of drug-likeness (QED) is 0.908. The lowest BCUT2D eigenvalue weighted by Crippen LogP contribution is -2.21. The monoisotopic (exact) mass is 272 g/mol. The number of hydrogen-bond donors (Lipinski definition) is 1. The number of rotatable bonds is 4. The molecule has 0 aromatic heterocycles. The van der Waals surface area contributed by atoms with Gasteiger partial charge in [0.25, 0.3) is 0 Å². The van der Waals surface area contributed by atoms with Crippen LogP contribution in [-0.4, -0.2) is 19.1 Å². The van der Waals surface area contributed by atoms with Crippen molar-refractivity contribution in [1.29, 1.82) is 0 Å². The Bertz CT molecular complexity index is 453. The van der Waals surface area contributed by atoms with E-state index in [-0.39, 0.29) is 0 Å². The summed E-state index contributed by atoms with van der Waals surface area (Å²) in [7, 11) is 0. The highest BCUT2D eigenvalue weighted by molar-refractivity contribution is 5.52. The van der Waals surface area contributed by atoms with Crippen molar-refractivity contribution < 1.29 is 0 Å². The van der Waals surface area contributed by atoms with Crippen molar-refractivity contribution in [2.75, 3.05) is 18.0 Å². The molecule has 3 rings (SSSR count). The average Bonchev–Trinajstić information content (AvgIpc) is 2.93. The molecule has 1 heterocycles. The fourth-order valence-corrected chi connectivity index (χ4v) is 3.72. The van der Waals surface area contributed by atoms with Crippen LogP contribution in [0.4, 0.5) is 5.69 Å². The molecule has 1 saturated heterocycles. The van der Waals surface area contributed by atoms with Crippen LogP contribution >= 0.6 is 0 Å². The minimum atomic E-state index is 0.354. The summed E-state index contributed by atoms with van der Waals surface area (Å²) in [6, 6.07) is 7.53. The highest BCUT2D eigenvalue weighted by Gasteiger charge is 2.23. The van der Waals surface area contributed by atoms with Crippen LogP contribution in [0.3, 0.4) is 0 Å². The molecule has 0 spiro atoms. The summed E-state index contributed by atoms with van der Waals surface area (Å²) in [6.45, 7) is 4.57. The molecule has 0 saturated carbocycles. The molecule has 0 radical (unpaired) electrons. The fraction of sp³-hybridized carbons (Fsp3) is 0.667. The minimum Gasteiger partial charge on any atom is -0.371 e. The molecule has 0 bridgehead atoms. The van der Waals surface area contributed by atoms with Crippen LogP contribution in [0.5, 0.6) is 0 Å². The minimum absolute atomic E-state index is 0.354. The second-order valence-electron chi connectivity index (χ2n) is 6.82. The third-order valence-corrected chi connectivity index (χ3v) is 5.01. The van der Waals surface area contributed by atoms with Crippen molar-refractivity contribution in [3.8, 4) is 0 Å². The van der Waals surface area contributed by atoms with Gasteiger partial charge in [0, 0.05) is 24.8 Å². The van der Waals surface area contributed by atoms with Crippen molar-refractivity contribution >= 4 is 5.69 Å². The number of nitrogens with zero attached hydrogens (tertiary/aromatic N) is 1. The van der Waals surface area contributed by atoms with Crippen LogP contribution in [-0.2, 0) is 12.8 Å². The number of fused-ring (bicyclic) bond motifs is 1. The lowest BCUT2D eigenvalue weighted by Gasteiger charge is -2.23. The van der Waals surface area contributed by atoms with Crippen LogP contribution in [0, 0.1) is 5.92 Å². The van der Waals surface area contributed by atoms with Gasteiger partial charge in [-0.05, 0) is 81.0 Å². The Hall–Kier alpha value is -1.02. The van der Waals surface area contributed by atoms with Crippen LogP contribution < -0.4 is 10.6 Å². The molecular formula is C18H28N2. The van der Waals surface area contributed by atoms with E-state index in [0.29, 0.717) is 6.04 Å². The Morgan fingerprint density at radius 3 is 2.85 bits per heavy atom. The zero-order valence-corrected chi connectivity index (χ0v) is 12.8. The summed E-state index contributed by atoms with van der Waals surface area (Å²) in [5.74, 6) is 0.844. The van der Waals surface area contributed by atoms with Crippen LogP contribution in [0.2, 0.25) is 0 Å². The summed E-state index contributed by atoms with van der Waals surface area (Å²) in [5, 5.41) is 0. The summed E-state index contributed by atoms with van der Waals surface area (Å²) >= 11 is 0. The number of anilines is 1. The van der Waals surface area contributed by atoms with Gasteiger partial charge in [0.05, 0.1) is 0 Å². The predicted octanol–water partition coefficient (Wildman–Crippen LogP) is 3.52. The maximum atomic E-state index is 5.88. The topological polar surface area (TPSA) is 29.3 Å². The molecule has 1 fully saturated rings. The molecule has 2 nitrogen and oxygen atoms in total. The largest absolute Gasteiger partial charge is 0.371 e. The summed E-state index contributed by atoms with van der Waals surface area (Å²) < 4.78 is 0. The predicted molar refractivity (Wildman–Crippen MR) is 86.3 cm³/mol. The van der Waals surface area contributed by atoms with Gasteiger partial charge in [0.1, 0.15) is 0 Å². The Labute approximate surface area is 123 Å². The number of hydrogen-bond acceptors (Lipinski definition) is 2. The second-order valence-corrected chi connectivity index (χ2v) is 6.82. The first-order chi connectivity index (χ1) is 9.72. The van der Waals surface area contributed by atoms with Crippen molar-refractivity contribution in [2.45, 2.75) is 57.9 Å².